The maximum absolute atomic E-state index is 12.1. The molecule has 0 spiro atoms. The molecule has 0 fully saturated rings. The molecule has 0 aliphatic rings. The van der Waals surface area contributed by atoms with E-state index >= 15 is 0 Å². The topological polar surface area (TPSA) is 104 Å². The smallest absolute Gasteiger partial charge is 0.251 e. The van der Waals surface area contributed by atoms with Gasteiger partial charge in [-0.2, -0.15) is 5.10 Å². The van der Waals surface area contributed by atoms with E-state index in [1.54, 1.807) is 42.5 Å². The van der Waals surface area contributed by atoms with E-state index in [-0.39, 0.29) is 11.7 Å². The summed E-state index contributed by atoms with van der Waals surface area (Å²) in [7, 11) is 0. The third kappa shape index (κ3) is 2.64. The van der Waals surface area contributed by atoms with Gasteiger partial charge in [0.1, 0.15) is 5.75 Å². The second-order valence-electron chi connectivity index (χ2n) is 4.72. The lowest BCUT2D eigenvalue weighted by Crippen LogP contribution is -2.22. The van der Waals surface area contributed by atoms with E-state index in [1.165, 1.54) is 0 Å². The number of phenolic OH excluding ortho intramolecular Hbond substituents is 1. The van der Waals surface area contributed by atoms with Gasteiger partial charge >= 0.3 is 0 Å². The van der Waals surface area contributed by atoms with Gasteiger partial charge in [0.2, 0.25) is 0 Å². The first-order chi connectivity index (χ1) is 10.1. The van der Waals surface area contributed by atoms with Crippen LogP contribution in [-0.2, 0) is 6.54 Å². The summed E-state index contributed by atoms with van der Waals surface area (Å²) in [4.78, 5) is 12.1. The van der Waals surface area contributed by atoms with E-state index < -0.39 is 0 Å². The number of rotatable bonds is 3. The average molecular weight is 282 g/mol. The predicted octanol–water partition coefficient (Wildman–Crippen LogP) is 1.78. The maximum atomic E-state index is 12.1. The molecule has 21 heavy (non-hydrogen) atoms. The van der Waals surface area contributed by atoms with Crippen LogP contribution in [0, 0.1) is 0 Å². The van der Waals surface area contributed by atoms with Gasteiger partial charge in [0.05, 0.1) is 5.52 Å². The number of aromatic amines is 1. The molecule has 0 aliphatic heterocycles. The number of amides is 1. The molecule has 6 heteroatoms. The maximum Gasteiger partial charge on any atom is 0.251 e. The number of phenols is 1. The zero-order chi connectivity index (χ0) is 14.8. The van der Waals surface area contributed by atoms with E-state index in [9.17, 15) is 9.90 Å². The summed E-state index contributed by atoms with van der Waals surface area (Å²) in [5, 5.41) is 19.4. The molecule has 0 atom stereocenters. The molecule has 1 heterocycles. The number of hydrogen-bond acceptors (Lipinski definition) is 4. The van der Waals surface area contributed by atoms with Crippen LogP contribution in [0.1, 0.15) is 15.9 Å². The summed E-state index contributed by atoms with van der Waals surface area (Å²) in [6.07, 6.45) is 0. The highest BCUT2D eigenvalue weighted by Crippen LogP contribution is 2.19. The summed E-state index contributed by atoms with van der Waals surface area (Å²) in [6, 6.07) is 11.9. The van der Waals surface area contributed by atoms with Gasteiger partial charge in [-0.1, -0.05) is 12.1 Å². The van der Waals surface area contributed by atoms with Crippen LogP contribution in [0.3, 0.4) is 0 Å². The van der Waals surface area contributed by atoms with E-state index in [1.807, 2.05) is 0 Å². The van der Waals surface area contributed by atoms with Crippen molar-refractivity contribution in [1.82, 2.24) is 15.5 Å². The molecular formula is C15H14N4O2. The van der Waals surface area contributed by atoms with Crippen LogP contribution in [0.2, 0.25) is 0 Å². The standard InChI is InChI=1S/C15H14N4O2/c16-14-12-7-10(3-6-13(12)18-19-14)15(21)17-8-9-1-4-11(20)5-2-9/h1-7,20H,8H2,(H,17,21)(H3,16,18,19). The molecule has 5 N–H and O–H groups in total. The largest absolute Gasteiger partial charge is 0.508 e. The van der Waals surface area contributed by atoms with Crippen LogP contribution < -0.4 is 11.1 Å². The van der Waals surface area contributed by atoms with Crippen molar-refractivity contribution in [3.63, 3.8) is 0 Å². The second-order valence-corrected chi connectivity index (χ2v) is 4.72. The van der Waals surface area contributed by atoms with Crippen LogP contribution in [0.5, 0.6) is 5.75 Å². The van der Waals surface area contributed by atoms with E-state index in [4.69, 9.17) is 5.73 Å². The lowest BCUT2D eigenvalue weighted by Gasteiger charge is -2.06. The number of carbonyl (C=O) groups is 1. The van der Waals surface area contributed by atoms with Gasteiger partial charge in [0.25, 0.3) is 5.91 Å². The van der Waals surface area contributed by atoms with Crippen LogP contribution in [0.15, 0.2) is 42.5 Å². The average Bonchev–Trinajstić information content (AvgIpc) is 2.87. The van der Waals surface area contributed by atoms with Gasteiger partial charge in [-0.3, -0.25) is 9.89 Å². The molecule has 0 aliphatic carbocycles. The van der Waals surface area contributed by atoms with Gasteiger partial charge in [-0.25, -0.2) is 0 Å². The molecule has 0 unspecified atom stereocenters. The van der Waals surface area contributed by atoms with Crippen molar-refractivity contribution in [3.05, 3.63) is 53.6 Å². The van der Waals surface area contributed by atoms with Crippen molar-refractivity contribution < 1.29 is 9.90 Å². The number of benzene rings is 2. The first kappa shape index (κ1) is 13.0. The first-order valence-electron chi connectivity index (χ1n) is 6.43. The summed E-state index contributed by atoms with van der Waals surface area (Å²) in [5.74, 6) is 0.384. The number of aromatic hydroxyl groups is 1. The minimum atomic E-state index is -0.189. The molecule has 0 radical (unpaired) electrons. The van der Waals surface area contributed by atoms with Gasteiger partial charge in [0.15, 0.2) is 5.82 Å². The number of aromatic nitrogens is 2. The minimum absolute atomic E-state index is 0.189. The number of nitrogens with zero attached hydrogens (tertiary/aromatic N) is 1. The van der Waals surface area contributed by atoms with Crippen LogP contribution >= 0.6 is 0 Å². The highest BCUT2D eigenvalue weighted by molar-refractivity contribution is 6.00. The molecule has 0 bridgehead atoms. The number of H-pyrrole nitrogens is 1. The molecular weight excluding hydrogens is 268 g/mol. The van der Waals surface area contributed by atoms with Crippen molar-refractivity contribution in [1.29, 1.82) is 0 Å². The van der Waals surface area contributed by atoms with Gasteiger partial charge in [0, 0.05) is 17.5 Å². The Morgan fingerprint density at radius 2 is 2.00 bits per heavy atom. The van der Waals surface area contributed by atoms with Gasteiger partial charge in [-0.15, -0.1) is 0 Å². The third-order valence-electron chi connectivity index (χ3n) is 3.24. The summed E-state index contributed by atoms with van der Waals surface area (Å²) < 4.78 is 0. The fourth-order valence-corrected chi connectivity index (χ4v) is 2.07. The molecule has 1 aromatic heterocycles. The highest BCUT2D eigenvalue weighted by atomic mass is 16.3. The Hall–Kier alpha value is -3.02. The Bertz CT molecular complexity index is 793. The number of hydrogen-bond donors (Lipinski definition) is 4. The zero-order valence-corrected chi connectivity index (χ0v) is 11.1. The van der Waals surface area contributed by atoms with Crippen molar-refractivity contribution in [2.24, 2.45) is 0 Å². The quantitative estimate of drug-likeness (QED) is 0.587. The monoisotopic (exact) mass is 282 g/mol. The van der Waals surface area contributed by atoms with Crippen molar-refractivity contribution >= 4 is 22.6 Å². The van der Waals surface area contributed by atoms with E-state index in [0.717, 1.165) is 16.5 Å². The molecule has 106 valence electrons. The van der Waals surface area contributed by atoms with Crippen molar-refractivity contribution in [3.8, 4) is 5.75 Å². The Morgan fingerprint density at radius 3 is 2.76 bits per heavy atom. The molecule has 0 saturated carbocycles. The summed E-state index contributed by atoms with van der Waals surface area (Å²) >= 11 is 0. The molecule has 0 saturated heterocycles. The Morgan fingerprint density at radius 1 is 1.24 bits per heavy atom. The number of nitrogens with one attached hydrogen (secondary N) is 2. The molecule has 2 aromatic carbocycles. The van der Waals surface area contributed by atoms with Crippen molar-refractivity contribution in [2.45, 2.75) is 6.54 Å². The fraction of sp³-hybridized carbons (Fsp3) is 0.0667. The van der Waals surface area contributed by atoms with Crippen LogP contribution in [-0.4, -0.2) is 21.2 Å². The SMILES string of the molecule is Nc1n[nH]c2ccc(C(=O)NCc3ccc(O)cc3)cc12. The number of anilines is 1. The third-order valence-corrected chi connectivity index (χ3v) is 3.24. The normalized spacial score (nSPS) is 10.7. The molecule has 3 rings (SSSR count). The lowest BCUT2D eigenvalue weighted by molar-refractivity contribution is 0.0951. The summed E-state index contributed by atoms with van der Waals surface area (Å²) in [6.45, 7) is 0.387. The van der Waals surface area contributed by atoms with Crippen LogP contribution in [0.4, 0.5) is 5.82 Å². The fourth-order valence-electron chi connectivity index (χ4n) is 2.07. The molecule has 3 aromatic rings. The Balaban J connectivity index is 1.74. The predicted molar refractivity (Wildman–Crippen MR) is 79.8 cm³/mol. The number of nitrogen functional groups attached to an aromatic ring is 1. The lowest BCUT2D eigenvalue weighted by atomic mass is 10.1. The number of fused-ring (bicyclic) bond motifs is 1. The Kier molecular flexibility index (Phi) is 3.19. The van der Waals surface area contributed by atoms with Crippen LogP contribution in [0.25, 0.3) is 10.9 Å². The first-order valence-corrected chi connectivity index (χ1v) is 6.43. The highest BCUT2D eigenvalue weighted by Gasteiger charge is 2.09. The van der Waals surface area contributed by atoms with Gasteiger partial charge < -0.3 is 16.2 Å². The summed E-state index contributed by atoms with van der Waals surface area (Å²) in [5.41, 5.74) is 7.95. The second kappa shape index (κ2) is 5.16. The van der Waals surface area contributed by atoms with E-state index in [2.05, 4.69) is 15.5 Å². The Labute approximate surface area is 120 Å². The van der Waals surface area contributed by atoms with Crippen molar-refractivity contribution in [2.75, 3.05) is 5.73 Å². The molecule has 1 amide bonds. The van der Waals surface area contributed by atoms with E-state index in [0.29, 0.717) is 17.9 Å². The number of carbonyl (C=O) groups excluding carboxylic acids is 1. The van der Waals surface area contributed by atoms with Gasteiger partial charge in [-0.05, 0) is 35.9 Å². The number of nitrogens with two attached hydrogens (primary N) is 1. The minimum Gasteiger partial charge on any atom is -0.508 e. The zero-order valence-electron chi connectivity index (χ0n) is 11.1. The molecule has 6 nitrogen and oxygen atoms in total.